The summed E-state index contributed by atoms with van der Waals surface area (Å²) in [5, 5.41) is 6.01. The third kappa shape index (κ3) is 4.85. The lowest BCUT2D eigenvalue weighted by molar-refractivity contribution is 0.102. The van der Waals surface area contributed by atoms with Crippen LogP contribution in [0.25, 0.3) is 0 Å². The first-order valence-corrected chi connectivity index (χ1v) is 9.15. The van der Waals surface area contributed by atoms with Gasteiger partial charge in [-0.15, -0.1) is 0 Å². The minimum Gasteiger partial charge on any atom is -0.491 e. The highest BCUT2D eigenvalue weighted by Gasteiger charge is 2.10. The van der Waals surface area contributed by atoms with Crippen molar-refractivity contribution in [1.29, 1.82) is 0 Å². The Morgan fingerprint density at radius 3 is 2.32 bits per heavy atom. The fourth-order valence-corrected chi connectivity index (χ4v) is 2.61. The number of nitrogens with one attached hydrogen (secondary N) is 2. The normalized spacial score (nSPS) is 10.6. The van der Waals surface area contributed by atoms with E-state index >= 15 is 0 Å². The predicted molar refractivity (Wildman–Crippen MR) is 111 cm³/mol. The van der Waals surface area contributed by atoms with E-state index in [2.05, 4.69) is 20.6 Å². The van der Waals surface area contributed by atoms with Crippen LogP contribution in [-0.2, 0) is 0 Å². The summed E-state index contributed by atoms with van der Waals surface area (Å²) in [7, 11) is 0. The van der Waals surface area contributed by atoms with Crippen LogP contribution in [-0.4, -0.2) is 22.0 Å². The highest BCUT2D eigenvalue weighted by molar-refractivity contribution is 6.04. The van der Waals surface area contributed by atoms with Crippen LogP contribution in [0.2, 0.25) is 0 Å². The molecule has 3 rings (SSSR count). The summed E-state index contributed by atoms with van der Waals surface area (Å²) in [6.45, 7) is 7.96. The number of aromatic nitrogens is 2. The van der Waals surface area contributed by atoms with Gasteiger partial charge in [0.15, 0.2) is 0 Å². The summed E-state index contributed by atoms with van der Waals surface area (Å²) in [4.78, 5) is 20.9. The third-order valence-electron chi connectivity index (χ3n) is 4.25. The van der Waals surface area contributed by atoms with E-state index in [0.717, 1.165) is 28.3 Å². The molecule has 6 heteroatoms. The van der Waals surface area contributed by atoms with Crippen LogP contribution in [0.3, 0.4) is 0 Å². The minimum absolute atomic E-state index is 0.129. The lowest BCUT2D eigenvalue weighted by Gasteiger charge is -2.11. The Hall–Kier alpha value is -3.41. The number of benzene rings is 2. The number of ether oxygens (including phenoxy) is 1. The first-order valence-electron chi connectivity index (χ1n) is 9.15. The number of hydrogen-bond acceptors (Lipinski definition) is 5. The standard InChI is InChI=1S/C22H24N4O2/c1-14(2)28-19-10-8-18(9-11-19)25-22-23-12-17(13-24-22)21(27)26-20-7-5-6-15(3)16(20)4/h5-14H,1-4H3,(H,26,27)(H,23,24,25). The number of hydrogen-bond donors (Lipinski definition) is 2. The van der Waals surface area contributed by atoms with Gasteiger partial charge in [0.25, 0.3) is 5.91 Å². The zero-order valence-corrected chi connectivity index (χ0v) is 16.5. The average Bonchev–Trinajstić information content (AvgIpc) is 2.67. The molecule has 0 radical (unpaired) electrons. The molecule has 2 aromatic carbocycles. The van der Waals surface area contributed by atoms with E-state index in [1.54, 1.807) is 0 Å². The molecule has 0 saturated carbocycles. The minimum atomic E-state index is -0.240. The summed E-state index contributed by atoms with van der Waals surface area (Å²) < 4.78 is 5.62. The molecule has 0 aliphatic carbocycles. The van der Waals surface area contributed by atoms with Gasteiger partial charge in [0.1, 0.15) is 5.75 Å². The molecular formula is C22H24N4O2. The fourth-order valence-electron chi connectivity index (χ4n) is 2.61. The average molecular weight is 376 g/mol. The monoisotopic (exact) mass is 376 g/mol. The molecule has 3 aromatic rings. The third-order valence-corrected chi connectivity index (χ3v) is 4.25. The molecule has 0 aliphatic rings. The van der Waals surface area contributed by atoms with Crippen molar-refractivity contribution in [1.82, 2.24) is 9.97 Å². The first kappa shape index (κ1) is 19.4. The molecule has 0 bridgehead atoms. The molecular weight excluding hydrogens is 352 g/mol. The largest absolute Gasteiger partial charge is 0.491 e. The highest BCUT2D eigenvalue weighted by atomic mass is 16.5. The molecule has 1 amide bonds. The van der Waals surface area contributed by atoms with Crippen molar-refractivity contribution in [2.45, 2.75) is 33.8 Å². The van der Waals surface area contributed by atoms with Crippen LogP contribution in [0.15, 0.2) is 54.9 Å². The maximum absolute atomic E-state index is 12.4. The smallest absolute Gasteiger partial charge is 0.258 e. The highest BCUT2D eigenvalue weighted by Crippen LogP contribution is 2.20. The van der Waals surface area contributed by atoms with Crippen molar-refractivity contribution in [2.24, 2.45) is 0 Å². The topological polar surface area (TPSA) is 76.1 Å². The number of aryl methyl sites for hydroxylation is 1. The van der Waals surface area contributed by atoms with E-state index in [1.165, 1.54) is 12.4 Å². The van der Waals surface area contributed by atoms with Gasteiger partial charge >= 0.3 is 0 Å². The number of carbonyl (C=O) groups excluding carboxylic acids is 1. The zero-order chi connectivity index (χ0) is 20.1. The molecule has 1 aromatic heterocycles. The van der Waals surface area contributed by atoms with E-state index in [9.17, 15) is 4.79 Å². The van der Waals surface area contributed by atoms with Gasteiger partial charge in [0.05, 0.1) is 11.7 Å². The molecule has 144 valence electrons. The molecule has 2 N–H and O–H groups in total. The van der Waals surface area contributed by atoms with Crippen LogP contribution >= 0.6 is 0 Å². The van der Waals surface area contributed by atoms with Gasteiger partial charge in [-0.25, -0.2) is 9.97 Å². The SMILES string of the molecule is Cc1cccc(NC(=O)c2cnc(Nc3ccc(OC(C)C)cc3)nc2)c1C. The van der Waals surface area contributed by atoms with Crippen LogP contribution < -0.4 is 15.4 Å². The second kappa shape index (κ2) is 8.52. The van der Waals surface area contributed by atoms with Gasteiger partial charge < -0.3 is 15.4 Å². The van der Waals surface area contributed by atoms with Gasteiger partial charge in [-0.1, -0.05) is 12.1 Å². The summed E-state index contributed by atoms with van der Waals surface area (Å²) in [6.07, 6.45) is 3.14. The molecule has 0 atom stereocenters. The van der Waals surface area contributed by atoms with Crippen LogP contribution in [0, 0.1) is 13.8 Å². The van der Waals surface area contributed by atoms with E-state index in [-0.39, 0.29) is 12.0 Å². The van der Waals surface area contributed by atoms with Gasteiger partial charge in [-0.2, -0.15) is 0 Å². The Bertz CT molecular complexity index is 951. The second-order valence-electron chi connectivity index (χ2n) is 6.81. The lowest BCUT2D eigenvalue weighted by atomic mass is 10.1. The van der Waals surface area contributed by atoms with Crippen molar-refractivity contribution in [3.8, 4) is 5.75 Å². The van der Waals surface area contributed by atoms with E-state index in [4.69, 9.17) is 4.74 Å². The van der Waals surface area contributed by atoms with Crippen molar-refractivity contribution < 1.29 is 9.53 Å². The Kier molecular flexibility index (Phi) is 5.89. The molecule has 0 unspecified atom stereocenters. The molecule has 0 spiro atoms. The maximum atomic E-state index is 12.4. The lowest BCUT2D eigenvalue weighted by Crippen LogP contribution is -2.14. The number of carbonyl (C=O) groups is 1. The second-order valence-corrected chi connectivity index (χ2v) is 6.81. The van der Waals surface area contributed by atoms with Crippen molar-refractivity contribution in [3.05, 3.63) is 71.5 Å². The quantitative estimate of drug-likeness (QED) is 0.641. The van der Waals surface area contributed by atoms with Crippen molar-refractivity contribution in [2.75, 3.05) is 10.6 Å². The fraction of sp³-hybridized carbons (Fsp3) is 0.227. The van der Waals surface area contributed by atoms with Gasteiger partial charge in [0.2, 0.25) is 5.95 Å². The number of nitrogens with zero attached hydrogens (tertiary/aromatic N) is 2. The van der Waals surface area contributed by atoms with Crippen LogP contribution in [0.5, 0.6) is 5.75 Å². The molecule has 28 heavy (non-hydrogen) atoms. The number of amides is 1. The Morgan fingerprint density at radius 2 is 1.68 bits per heavy atom. The zero-order valence-electron chi connectivity index (χ0n) is 16.5. The van der Waals surface area contributed by atoms with Gasteiger partial charge in [-0.05, 0) is 69.2 Å². The van der Waals surface area contributed by atoms with E-state index < -0.39 is 0 Å². The number of rotatable bonds is 6. The Morgan fingerprint density at radius 1 is 1.00 bits per heavy atom. The summed E-state index contributed by atoms with van der Waals surface area (Å²) in [5.74, 6) is 0.983. The van der Waals surface area contributed by atoms with Crippen LogP contribution in [0.1, 0.15) is 35.3 Å². The predicted octanol–water partition coefficient (Wildman–Crippen LogP) is 4.88. The van der Waals surface area contributed by atoms with Gasteiger partial charge in [0, 0.05) is 23.8 Å². The molecule has 0 fully saturated rings. The Balaban J connectivity index is 1.64. The Labute approximate surface area is 165 Å². The summed E-state index contributed by atoms with van der Waals surface area (Å²) in [5.41, 5.74) is 4.19. The van der Waals surface area contributed by atoms with Crippen molar-refractivity contribution >= 4 is 23.2 Å². The first-order chi connectivity index (χ1) is 13.4. The number of anilines is 3. The summed E-state index contributed by atoms with van der Waals surface area (Å²) in [6, 6.07) is 13.4. The van der Waals surface area contributed by atoms with Crippen LogP contribution in [0.4, 0.5) is 17.3 Å². The summed E-state index contributed by atoms with van der Waals surface area (Å²) >= 11 is 0. The van der Waals surface area contributed by atoms with Gasteiger partial charge in [-0.3, -0.25) is 4.79 Å². The maximum Gasteiger partial charge on any atom is 0.258 e. The molecule has 6 nitrogen and oxygen atoms in total. The molecule has 1 heterocycles. The van der Waals surface area contributed by atoms with Crippen molar-refractivity contribution in [3.63, 3.8) is 0 Å². The van der Waals surface area contributed by atoms with E-state index in [0.29, 0.717) is 11.5 Å². The molecule has 0 saturated heterocycles. The molecule has 0 aliphatic heterocycles. The van der Waals surface area contributed by atoms with E-state index in [1.807, 2.05) is 70.2 Å².